The number of ether oxygens (including phenoxy) is 1. The number of rotatable bonds is 8. The molecule has 1 atom stereocenters. The van der Waals surface area contributed by atoms with E-state index in [0.29, 0.717) is 30.5 Å². The molecule has 2 rings (SSSR count). The summed E-state index contributed by atoms with van der Waals surface area (Å²) in [6, 6.07) is 2.05. The summed E-state index contributed by atoms with van der Waals surface area (Å²) >= 11 is 0. The van der Waals surface area contributed by atoms with E-state index in [-0.39, 0.29) is 11.9 Å². The maximum Gasteiger partial charge on any atom is 0.270 e. The third-order valence-corrected chi connectivity index (χ3v) is 4.19. The molecule has 1 heterocycles. The summed E-state index contributed by atoms with van der Waals surface area (Å²) < 4.78 is 7.14. The molecular weight excluding hydrogens is 266 g/mol. The first kappa shape index (κ1) is 15.9. The number of nitrogens with zero attached hydrogens (tertiary/aromatic N) is 2. The van der Waals surface area contributed by atoms with E-state index in [2.05, 4.69) is 13.8 Å². The van der Waals surface area contributed by atoms with Crippen LogP contribution in [-0.2, 0) is 11.3 Å². The maximum atomic E-state index is 12.9. The topological polar surface area (TPSA) is 60.5 Å². The number of anilines is 1. The van der Waals surface area contributed by atoms with Crippen LogP contribution in [0.15, 0.2) is 12.3 Å². The van der Waals surface area contributed by atoms with Crippen LogP contribution in [0.25, 0.3) is 0 Å². The minimum absolute atomic E-state index is 0.0663. The molecule has 1 unspecified atom stereocenters. The number of amides is 1. The van der Waals surface area contributed by atoms with Crippen LogP contribution in [0, 0.1) is 5.92 Å². The van der Waals surface area contributed by atoms with E-state index >= 15 is 0 Å². The standard InChI is InChI=1S/C16H27N3O2/c1-4-7-18-11-14(17)10-15(18)16(20)19(8-9-21-3)12(2)13-5-6-13/h10-13H,4-9,17H2,1-3H3. The van der Waals surface area contributed by atoms with Gasteiger partial charge in [-0.3, -0.25) is 4.79 Å². The Balaban J connectivity index is 2.19. The summed E-state index contributed by atoms with van der Waals surface area (Å²) in [4.78, 5) is 14.9. The van der Waals surface area contributed by atoms with Crippen molar-refractivity contribution < 1.29 is 9.53 Å². The molecule has 2 N–H and O–H groups in total. The molecule has 5 heteroatoms. The van der Waals surface area contributed by atoms with E-state index in [1.807, 2.05) is 15.7 Å². The van der Waals surface area contributed by atoms with Crippen molar-refractivity contribution in [1.82, 2.24) is 9.47 Å². The zero-order valence-electron chi connectivity index (χ0n) is 13.3. The van der Waals surface area contributed by atoms with E-state index in [4.69, 9.17) is 10.5 Å². The molecule has 0 aliphatic heterocycles. The van der Waals surface area contributed by atoms with Gasteiger partial charge >= 0.3 is 0 Å². The Morgan fingerprint density at radius 1 is 1.57 bits per heavy atom. The van der Waals surface area contributed by atoms with Gasteiger partial charge in [-0.15, -0.1) is 0 Å². The van der Waals surface area contributed by atoms with Crippen molar-refractivity contribution in [2.75, 3.05) is 26.0 Å². The number of carbonyl (C=O) groups excluding carboxylic acids is 1. The van der Waals surface area contributed by atoms with Crippen molar-refractivity contribution in [2.24, 2.45) is 5.92 Å². The first-order chi connectivity index (χ1) is 10.1. The van der Waals surface area contributed by atoms with Crippen LogP contribution in [0.5, 0.6) is 0 Å². The maximum absolute atomic E-state index is 12.9. The second kappa shape index (κ2) is 6.98. The van der Waals surface area contributed by atoms with Gasteiger partial charge in [0.1, 0.15) is 5.69 Å². The zero-order valence-corrected chi connectivity index (χ0v) is 13.3. The van der Waals surface area contributed by atoms with Gasteiger partial charge in [0.25, 0.3) is 5.91 Å². The summed E-state index contributed by atoms with van der Waals surface area (Å²) in [5.74, 6) is 0.703. The van der Waals surface area contributed by atoms with Gasteiger partial charge in [-0.05, 0) is 38.2 Å². The van der Waals surface area contributed by atoms with E-state index < -0.39 is 0 Å². The number of aromatic nitrogens is 1. The number of hydrogen-bond donors (Lipinski definition) is 1. The summed E-state index contributed by atoms with van der Waals surface area (Å²) in [6.07, 6.45) is 5.27. The monoisotopic (exact) mass is 293 g/mol. The van der Waals surface area contributed by atoms with Crippen LogP contribution >= 0.6 is 0 Å². The normalized spacial score (nSPS) is 16.0. The summed E-state index contributed by atoms with van der Waals surface area (Å²) in [6.45, 7) is 6.24. The lowest BCUT2D eigenvalue weighted by Gasteiger charge is -2.29. The Morgan fingerprint density at radius 2 is 2.29 bits per heavy atom. The van der Waals surface area contributed by atoms with Gasteiger partial charge in [-0.2, -0.15) is 0 Å². The van der Waals surface area contributed by atoms with Gasteiger partial charge in [0, 0.05) is 32.4 Å². The average Bonchev–Trinajstić information content (AvgIpc) is 3.23. The fourth-order valence-corrected chi connectivity index (χ4v) is 2.80. The van der Waals surface area contributed by atoms with Gasteiger partial charge in [0.05, 0.1) is 12.3 Å². The Labute approximate surface area is 127 Å². The Bertz CT molecular complexity index is 480. The van der Waals surface area contributed by atoms with Gasteiger partial charge in [0.15, 0.2) is 0 Å². The van der Waals surface area contributed by atoms with Gasteiger partial charge < -0.3 is 19.9 Å². The SMILES string of the molecule is CCCn1cc(N)cc1C(=O)N(CCOC)C(C)C1CC1. The highest BCUT2D eigenvalue weighted by Gasteiger charge is 2.35. The average molecular weight is 293 g/mol. The molecule has 0 radical (unpaired) electrons. The van der Waals surface area contributed by atoms with Crippen LogP contribution in [0.3, 0.4) is 0 Å². The third-order valence-electron chi connectivity index (χ3n) is 4.19. The van der Waals surface area contributed by atoms with Gasteiger partial charge in [0.2, 0.25) is 0 Å². The number of nitrogen functional groups attached to an aromatic ring is 1. The molecular formula is C16H27N3O2. The fraction of sp³-hybridized carbons (Fsp3) is 0.688. The number of aryl methyl sites for hydroxylation is 1. The van der Waals surface area contributed by atoms with Gasteiger partial charge in [-0.1, -0.05) is 6.92 Å². The lowest BCUT2D eigenvalue weighted by molar-refractivity contribution is 0.0584. The molecule has 1 aliphatic carbocycles. The van der Waals surface area contributed by atoms with Crippen LogP contribution in [0.4, 0.5) is 5.69 Å². The van der Waals surface area contributed by atoms with E-state index in [1.165, 1.54) is 12.8 Å². The second-order valence-corrected chi connectivity index (χ2v) is 5.92. The van der Waals surface area contributed by atoms with Crippen LogP contribution < -0.4 is 5.73 Å². The summed E-state index contributed by atoms with van der Waals surface area (Å²) in [7, 11) is 1.67. The Morgan fingerprint density at radius 3 is 2.86 bits per heavy atom. The highest BCUT2D eigenvalue weighted by molar-refractivity contribution is 5.94. The van der Waals surface area contributed by atoms with Crippen molar-refractivity contribution in [1.29, 1.82) is 0 Å². The van der Waals surface area contributed by atoms with Crippen LogP contribution in [-0.4, -0.2) is 41.7 Å². The molecule has 1 aliphatic rings. The predicted molar refractivity (Wildman–Crippen MR) is 84.2 cm³/mol. The molecule has 0 aromatic carbocycles. The molecule has 0 spiro atoms. The molecule has 1 saturated carbocycles. The predicted octanol–water partition coefficient (Wildman–Crippen LogP) is 2.37. The molecule has 1 aromatic rings. The minimum Gasteiger partial charge on any atom is -0.397 e. The Kier molecular flexibility index (Phi) is 5.28. The first-order valence-electron chi connectivity index (χ1n) is 7.84. The summed E-state index contributed by atoms with van der Waals surface area (Å²) in [5.41, 5.74) is 7.22. The molecule has 0 saturated heterocycles. The lowest BCUT2D eigenvalue weighted by Crippen LogP contribution is -2.42. The Hall–Kier alpha value is -1.49. The van der Waals surface area contributed by atoms with E-state index in [9.17, 15) is 4.79 Å². The fourth-order valence-electron chi connectivity index (χ4n) is 2.80. The van der Waals surface area contributed by atoms with Gasteiger partial charge in [-0.25, -0.2) is 0 Å². The molecule has 1 amide bonds. The molecule has 0 bridgehead atoms. The molecule has 21 heavy (non-hydrogen) atoms. The summed E-state index contributed by atoms with van der Waals surface area (Å²) in [5, 5.41) is 0. The number of hydrogen-bond acceptors (Lipinski definition) is 3. The molecule has 1 fully saturated rings. The third kappa shape index (κ3) is 3.79. The molecule has 5 nitrogen and oxygen atoms in total. The molecule has 1 aromatic heterocycles. The smallest absolute Gasteiger partial charge is 0.270 e. The minimum atomic E-state index is 0.0663. The van der Waals surface area contributed by atoms with Crippen molar-refractivity contribution in [3.63, 3.8) is 0 Å². The largest absolute Gasteiger partial charge is 0.397 e. The van der Waals surface area contributed by atoms with Crippen molar-refractivity contribution in [3.05, 3.63) is 18.0 Å². The first-order valence-corrected chi connectivity index (χ1v) is 7.84. The number of nitrogens with two attached hydrogens (primary N) is 1. The highest BCUT2D eigenvalue weighted by atomic mass is 16.5. The van der Waals surface area contributed by atoms with Crippen molar-refractivity contribution in [2.45, 2.75) is 45.7 Å². The number of carbonyl (C=O) groups is 1. The number of methoxy groups -OCH3 is 1. The van der Waals surface area contributed by atoms with E-state index in [1.54, 1.807) is 13.2 Å². The molecule has 118 valence electrons. The van der Waals surface area contributed by atoms with Crippen molar-refractivity contribution >= 4 is 11.6 Å². The van der Waals surface area contributed by atoms with Crippen LogP contribution in [0.1, 0.15) is 43.6 Å². The lowest BCUT2D eigenvalue weighted by atomic mass is 10.1. The van der Waals surface area contributed by atoms with E-state index in [0.717, 1.165) is 13.0 Å². The van der Waals surface area contributed by atoms with Crippen molar-refractivity contribution in [3.8, 4) is 0 Å². The quantitative estimate of drug-likeness (QED) is 0.800. The van der Waals surface area contributed by atoms with Crippen LogP contribution in [0.2, 0.25) is 0 Å². The second-order valence-electron chi connectivity index (χ2n) is 5.92. The highest BCUT2D eigenvalue weighted by Crippen LogP contribution is 2.35. The zero-order chi connectivity index (χ0) is 15.4.